The molecule has 0 aromatic rings. The fourth-order valence-corrected chi connectivity index (χ4v) is 1.17. The first-order valence-electron chi connectivity index (χ1n) is 4.83. The number of carboxylic acids is 3. The van der Waals surface area contributed by atoms with Crippen molar-refractivity contribution in [2.45, 2.75) is 24.5 Å². The molecule has 0 aromatic carbocycles. The highest BCUT2D eigenvalue weighted by atomic mass is 16.5. The Morgan fingerprint density at radius 1 is 1.06 bits per heavy atom. The van der Waals surface area contributed by atoms with E-state index in [2.05, 4.69) is 0 Å². The molecular formula is C9H14O9. The number of rotatable bonds is 9. The van der Waals surface area contributed by atoms with Gasteiger partial charge in [-0.2, -0.15) is 0 Å². The Balaban J connectivity index is 5.00. The molecule has 0 bridgehead atoms. The molecule has 104 valence electrons. The molecule has 0 heterocycles. The quantitative estimate of drug-likeness (QED) is 0.321. The number of ether oxygens (including phenoxy) is 1. The number of carboxylic acid groups (broad SMARTS) is 3. The first kappa shape index (κ1) is 16.3. The SMILES string of the molecule is O=C(O)CC(CC(=O)O)(OC[C@H](O)CO)C(=O)O. The summed E-state index contributed by atoms with van der Waals surface area (Å²) in [4.78, 5) is 32.1. The largest absolute Gasteiger partial charge is 0.481 e. The van der Waals surface area contributed by atoms with Gasteiger partial charge in [0.15, 0.2) is 5.60 Å². The van der Waals surface area contributed by atoms with Crippen molar-refractivity contribution < 1.29 is 44.7 Å². The van der Waals surface area contributed by atoms with E-state index in [0.29, 0.717) is 0 Å². The number of aliphatic hydroxyl groups is 2. The molecule has 0 rings (SSSR count). The molecule has 0 unspecified atom stereocenters. The predicted molar refractivity (Wildman–Crippen MR) is 53.9 cm³/mol. The maximum Gasteiger partial charge on any atom is 0.337 e. The van der Waals surface area contributed by atoms with Crippen LogP contribution in [0.15, 0.2) is 0 Å². The van der Waals surface area contributed by atoms with Crippen LogP contribution in [0.3, 0.4) is 0 Å². The van der Waals surface area contributed by atoms with Gasteiger partial charge in [0.1, 0.15) is 6.10 Å². The molecule has 0 spiro atoms. The summed E-state index contributed by atoms with van der Waals surface area (Å²) in [5.41, 5.74) is -2.48. The lowest BCUT2D eigenvalue weighted by Crippen LogP contribution is -2.47. The van der Waals surface area contributed by atoms with Crippen LogP contribution in [0.2, 0.25) is 0 Å². The molecule has 5 N–H and O–H groups in total. The van der Waals surface area contributed by atoms with Gasteiger partial charge in [-0.15, -0.1) is 0 Å². The van der Waals surface area contributed by atoms with Crippen LogP contribution < -0.4 is 0 Å². The highest BCUT2D eigenvalue weighted by Crippen LogP contribution is 2.22. The molecule has 0 radical (unpaired) electrons. The van der Waals surface area contributed by atoms with E-state index in [1.807, 2.05) is 0 Å². The standard InChI is InChI=1S/C9H14O9/c10-3-5(11)4-18-9(8(16)17,1-6(12)13)2-7(14)15/h5,10-11H,1-4H2,(H,12,13)(H,14,15)(H,16,17)/t5-/m1/s1. The van der Waals surface area contributed by atoms with E-state index >= 15 is 0 Å². The monoisotopic (exact) mass is 266 g/mol. The smallest absolute Gasteiger partial charge is 0.337 e. The van der Waals surface area contributed by atoms with Crippen LogP contribution in [0, 0.1) is 0 Å². The summed E-state index contributed by atoms with van der Waals surface area (Å²) in [6.45, 7) is -1.42. The average molecular weight is 266 g/mol. The highest BCUT2D eigenvalue weighted by Gasteiger charge is 2.44. The highest BCUT2D eigenvalue weighted by molar-refractivity contribution is 5.88. The van der Waals surface area contributed by atoms with E-state index in [0.717, 1.165) is 0 Å². The number of hydrogen-bond donors (Lipinski definition) is 5. The van der Waals surface area contributed by atoms with Gasteiger partial charge in [0, 0.05) is 0 Å². The van der Waals surface area contributed by atoms with E-state index < -0.39 is 55.7 Å². The summed E-state index contributed by atoms with van der Waals surface area (Å²) < 4.78 is 4.69. The molecule has 0 saturated carbocycles. The molecule has 18 heavy (non-hydrogen) atoms. The van der Waals surface area contributed by atoms with E-state index in [1.165, 1.54) is 0 Å². The van der Waals surface area contributed by atoms with Crippen molar-refractivity contribution in [1.82, 2.24) is 0 Å². The summed E-state index contributed by atoms with van der Waals surface area (Å²) in [6.07, 6.45) is -3.58. The maximum absolute atomic E-state index is 11.0. The minimum absolute atomic E-state index is 0.691. The van der Waals surface area contributed by atoms with E-state index in [-0.39, 0.29) is 0 Å². The molecule has 0 amide bonds. The second kappa shape index (κ2) is 6.89. The minimum Gasteiger partial charge on any atom is -0.481 e. The third kappa shape index (κ3) is 5.08. The lowest BCUT2D eigenvalue weighted by atomic mass is 9.95. The van der Waals surface area contributed by atoms with Gasteiger partial charge in [0.05, 0.1) is 26.1 Å². The molecule has 0 aliphatic rings. The molecule has 1 atom stereocenters. The molecule has 0 saturated heterocycles. The predicted octanol–water partition coefficient (Wildman–Crippen LogP) is -1.87. The average Bonchev–Trinajstić information content (AvgIpc) is 2.23. The molecular weight excluding hydrogens is 252 g/mol. The van der Waals surface area contributed by atoms with Crippen LogP contribution in [0.25, 0.3) is 0 Å². The van der Waals surface area contributed by atoms with Gasteiger partial charge in [-0.25, -0.2) is 4.79 Å². The zero-order valence-electron chi connectivity index (χ0n) is 9.27. The number of carbonyl (C=O) groups is 3. The van der Waals surface area contributed by atoms with Crippen molar-refractivity contribution in [3.05, 3.63) is 0 Å². The number of aliphatic carboxylic acids is 3. The number of aliphatic hydroxyl groups excluding tert-OH is 2. The van der Waals surface area contributed by atoms with Gasteiger partial charge in [0.25, 0.3) is 0 Å². The van der Waals surface area contributed by atoms with Gasteiger partial charge >= 0.3 is 17.9 Å². The fraction of sp³-hybridized carbons (Fsp3) is 0.667. The molecule has 9 heteroatoms. The molecule has 0 aliphatic heterocycles. The van der Waals surface area contributed by atoms with Crippen LogP contribution in [0.5, 0.6) is 0 Å². The van der Waals surface area contributed by atoms with Gasteiger partial charge in [0.2, 0.25) is 0 Å². The fourth-order valence-electron chi connectivity index (χ4n) is 1.17. The van der Waals surface area contributed by atoms with Crippen molar-refractivity contribution in [3.63, 3.8) is 0 Å². The van der Waals surface area contributed by atoms with Crippen molar-refractivity contribution in [3.8, 4) is 0 Å². The van der Waals surface area contributed by atoms with E-state index in [9.17, 15) is 14.4 Å². The van der Waals surface area contributed by atoms with Gasteiger partial charge in [-0.3, -0.25) is 9.59 Å². The minimum atomic E-state index is -2.48. The Bertz CT molecular complexity index is 308. The lowest BCUT2D eigenvalue weighted by molar-refractivity contribution is -0.182. The first-order valence-corrected chi connectivity index (χ1v) is 4.83. The van der Waals surface area contributed by atoms with Crippen LogP contribution >= 0.6 is 0 Å². The van der Waals surface area contributed by atoms with E-state index in [1.54, 1.807) is 0 Å². The molecule has 0 fully saturated rings. The lowest BCUT2D eigenvalue weighted by Gasteiger charge is -2.27. The molecule has 0 aromatic heterocycles. The zero-order chi connectivity index (χ0) is 14.3. The van der Waals surface area contributed by atoms with Gasteiger partial charge < -0.3 is 30.3 Å². The molecule has 0 aliphatic carbocycles. The summed E-state index contributed by atoms with van der Waals surface area (Å²) in [5, 5.41) is 43.6. The summed E-state index contributed by atoms with van der Waals surface area (Å²) in [5.74, 6) is -4.88. The van der Waals surface area contributed by atoms with Gasteiger partial charge in [-0.05, 0) is 0 Å². The van der Waals surface area contributed by atoms with Crippen LogP contribution in [0.1, 0.15) is 12.8 Å². The maximum atomic E-state index is 11.0. The van der Waals surface area contributed by atoms with E-state index in [4.69, 9.17) is 30.3 Å². The Morgan fingerprint density at radius 3 is 1.78 bits per heavy atom. The van der Waals surface area contributed by atoms with Crippen molar-refractivity contribution in [2.24, 2.45) is 0 Å². The van der Waals surface area contributed by atoms with Crippen molar-refractivity contribution in [1.29, 1.82) is 0 Å². The molecule has 9 nitrogen and oxygen atoms in total. The summed E-state index contributed by atoms with van der Waals surface area (Å²) in [7, 11) is 0. The zero-order valence-corrected chi connectivity index (χ0v) is 9.27. The normalized spacial score (nSPS) is 13.0. The Hall–Kier alpha value is -1.71. The summed E-state index contributed by atoms with van der Waals surface area (Å²) in [6, 6.07) is 0. The van der Waals surface area contributed by atoms with Crippen LogP contribution in [0.4, 0.5) is 0 Å². The van der Waals surface area contributed by atoms with Crippen molar-refractivity contribution >= 4 is 17.9 Å². The third-order valence-corrected chi connectivity index (χ3v) is 2.03. The Labute approximate surface area is 101 Å². The first-order chi connectivity index (χ1) is 8.23. The topological polar surface area (TPSA) is 162 Å². The van der Waals surface area contributed by atoms with Crippen molar-refractivity contribution in [2.75, 3.05) is 13.2 Å². The number of hydrogen-bond acceptors (Lipinski definition) is 6. The van der Waals surface area contributed by atoms with Crippen LogP contribution in [-0.4, -0.2) is 68.4 Å². The Kier molecular flexibility index (Phi) is 6.23. The second-order valence-corrected chi connectivity index (χ2v) is 3.59. The second-order valence-electron chi connectivity index (χ2n) is 3.59. The summed E-state index contributed by atoms with van der Waals surface area (Å²) >= 11 is 0. The van der Waals surface area contributed by atoms with Crippen LogP contribution in [-0.2, 0) is 19.1 Å². The third-order valence-electron chi connectivity index (χ3n) is 2.03. The van der Waals surface area contributed by atoms with Gasteiger partial charge in [-0.1, -0.05) is 0 Å². The Morgan fingerprint density at radius 2 is 1.50 bits per heavy atom.